The van der Waals surface area contributed by atoms with Crippen LogP contribution in [0.2, 0.25) is 0 Å². The topological polar surface area (TPSA) is 215 Å². The number of nitrogens with one attached hydrogen (secondary N) is 2. The van der Waals surface area contributed by atoms with E-state index in [1.807, 2.05) is 0 Å². The number of carboxylic acid groups (broad SMARTS) is 1. The average molecular weight is 601 g/mol. The van der Waals surface area contributed by atoms with Crippen molar-refractivity contribution in [3.05, 3.63) is 43.1 Å². The molecule has 2 aromatic rings. The number of carboxylic acids is 1. The third kappa shape index (κ3) is 6.56. The van der Waals surface area contributed by atoms with Crippen molar-refractivity contribution in [3.63, 3.8) is 0 Å². The summed E-state index contributed by atoms with van der Waals surface area (Å²) in [5.74, 6) is -2.30. The molecule has 38 heavy (non-hydrogen) atoms. The number of carbonyl (C=O) groups is 3. The van der Waals surface area contributed by atoms with E-state index in [0.717, 1.165) is 28.0 Å². The number of oxime groups is 1. The van der Waals surface area contributed by atoms with Crippen molar-refractivity contribution in [2.24, 2.45) is 12.2 Å². The molecule has 2 atom stereocenters. The van der Waals surface area contributed by atoms with Crippen LogP contribution in [-0.4, -0.2) is 142 Å². The fourth-order valence-corrected chi connectivity index (χ4v) is 6.39. The second-order valence-electron chi connectivity index (χ2n) is 7.30. The standard InChI is InChI=1S/C18H18N8O7S3.2Na/c1-25-18(22-12(28)13(29)23-25)36-4-6-3-34-15-9(14(30)26(15)10(6)16(31)32)21-11(27)8(24-33-2)7-5-35-17(19)20-7;;/h5,9,15H,3-4H2,1-2H3,(H2,19,20)(H,21,27)(H,23,29)(H,31,32);;/t9-,15-;;/m1../s1. The Morgan fingerprint density at radius 3 is 2.66 bits per heavy atom. The maximum atomic E-state index is 12.9. The number of aliphatic carboxylic acids is 1. The largest absolute Gasteiger partial charge is 0.477 e. The molecule has 1 fully saturated rings. The number of hydrogen-bond acceptors (Lipinski definition) is 13. The molecule has 0 aliphatic carbocycles. The molecule has 20 heteroatoms. The molecule has 192 valence electrons. The van der Waals surface area contributed by atoms with E-state index < -0.39 is 40.3 Å². The van der Waals surface area contributed by atoms with Crippen LogP contribution >= 0.6 is 34.9 Å². The molecule has 2 aliphatic rings. The zero-order chi connectivity index (χ0) is 26.1. The number of aryl methyl sites for hydroxylation is 1. The third-order valence-electron chi connectivity index (χ3n) is 5.02. The second kappa shape index (κ2) is 13.6. The molecule has 5 N–H and O–H groups in total. The van der Waals surface area contributed by atoms with E-state index in [1.165, 1.54) is 36.0 Å². The summed E-state index contributed by atoms with van der Waals surface area (Å²) in [5, 5.41) is 19.6. The average Bonchev–Trinajstić information content (AvgIpc) is 3.27. The number of H-pyrrole nitrogens is 1. The number of rotatable bonds is 8. The summed E-state index contributed by atoms with van der Waals surface area (Å²) < 4.78 is 1.25. The minimum Gasteiger partial charge on any atom is -0.477 e. The normalized spacial score (nSPS) is 18.5. The number of aromatic nitrogens is 4. The van der Waals surface area contributed by atoms with Crippen LogP contribution in [0.3, 0.4) is 0 Å². The summed E-state index contributed by atoms with van der Waals surface area (Å²) in [6.45, 7) is 0. The minimum absolute atomic E-state index is 0. The van der Waals surface area contributed by atoms with E-state index in [-0.39, 0.29) is 98.0 Å². The van der Waals surface area contributed by atoms with Crippen LogP contribution in [-0.2, 0) is 26.3 Å². The van der Waals surface area contributed by atoms with E-state index in [9.17, 15) is 29.1 Å². The number of amides is 2. The molecule has 0 spiro atoms. The Morgan fingerprint density at radius 2 is 2.05 bits per heavy atom. The zero-order valence-corrected chi connectivity index (χ0v) is 27.0. The first kappa shape index (κ1) is 32.6. The zero-order valence-electron chi connectivity index (χ0n) is 20.6. The minimum atomic E-state index is -1.31. The molecule has 4 rings (SSSR count). The summed E-state index contributed by atoms with van der Waals surface area (Å²) in [4.78, 5) is 74.3. The summed E-state index contributed by atoms with van der Waals surface area (Å²) in [6, 6.07) is -0.995. The molecule has 2 aliphatic heterocycles. The van der Waals surface area contributed by atoms with Gasteiger partial charge in [-0.2, -0.15) is 4.98 Å². The quantitative estimate of drug-likeness (QED) is 0.0625. The summed E-state index contributed by atoms with van der Waals surface area (Å²) in [5.41, 5.74) is 4.00. The number of fused-ring (bicyclic) bond motifs is 1. The van der Waals surface area contributed by atoms with Gasteiger partial charge in [-0.25, -0.2) is 9.78 Å². The van der Waals surface area contributed by atoms with Gasteiger partial charge in [-0.1, -0.05) is 16.9 Å². The van der Waals surface area contributed by atoms with Gasteiger partial charge < -0.3 is 21.0 Å². The van der Waals surface area contributed by atoms with E-state index >= 15 is 0 Å². The molecule has 0 bridgehead atoms. The van der Waals surface area contributed by atoms with Crippen LogP contribution in [0.15, 0.2) is 36.6 Å². The third-order valence-corrected chi connectivity index (χ3v) is 8.15. The molecule has 1 saturated heterocycles. The Kier molecular flexibility index (Phi) is 11.7. The smallest absolute Gasteiger partial charge is 0.352 e. The van der Waals surface area contributed by atoms with Crippen molar-refractivity contribution in [2.45, 2.75) is 16.6 Å². The van der Waals surface area contributed by atoms with Crippen LogP contribution in [0.5, 0.6) is 0 Å². The van der Waals surface area contributed by atoms with Gasteiger partial charge in [-0.3, -0.25) is 33.9 Å². The van der Waals surface area contributed by atoms with Crippen molar-refractivity contribution >= 4 is 123 Å². The molecular formula is C18H18N8Na2O7S3. The van der Waals surface area contributed by atoms with Crippen molar-refractivity contribution < 1.29 is 24.3 Å². The fraction of sp³-hybridized carbons (Fsp3) is 0.333. The van der Waals surface area contributed by atoms with E-state index in [0.29, 0.717) is 5.57 Å². The van der Waals surface area contributed by atoms with Crippen LogP contribution < -0.4 is 22.2 Å². The van der Waals surface area contributed by atoms with Crippen molar-refractivity contribution in [1.29, 1.82) is 0 Å². The van der Waals surface area contributed by atoms with E-state index in [4.69, 9.17) is 10.6 Å². The fourth-order valence-electron chi connectivity index (χ4n) is 3.44. The monoisotopic (exact) mass is 600 g/mol. The maximum Gasteiger partial charge on any atom is 0.352 e. The first-order valence-corrected chi connectivity index (χ1v) is 12.9. The van der Waals surface area contributed by atoms with Gasteiger partial charge in [0.25, 0.3) is 11.8 Å². The molecule has 2 amide bonds. The van der Waals surface area contributed by atoms with Gasteiger partial charge in [-0.15, -0.1) is 23.1 Å². The Balaban J connectivity index is 0.00000253. The number of β-lactam (4-membered cyclic amide) rings is 1. The Hall–Kier alpha value is -1.64. The van der Waals surface area contributed by atoms with Crippen LogP contribution in [0.25, 0.3) is 0 Å². The molecule has 2 radical (unpaired) electrons. The Labute approximate surface area is 270 Å². The maximum absolute atomic E-state index is 12.9. The molecule has 0 saturated carbocycles. The van der Waals surface area contributed by atoms with Gasteiger partial charge in [0.05, 0.1) is 0 Å². The summed E-state index contributed by atoms with van der Waals surface area (Å²) in [6.07, 6.45) is 0. The number of nitrogen functional groups attached to an aromatic ring is 1. The van der Waals surface area contributed by atoms with Crippen molar-refractivity contribution in [2.75, 3.05) is 24.3 Å². The van der Waals surface area contributed by atoms with Gasteiger partial charge in [0, 0.05) is 83.0 Å². The number of aromatic amines is 1. The number of nitrogens with zero attached hydrogens (tertiary/aromatic N) is 5. The molecule has 0 aromatic carbocycles. The first-order chi connectivity index (χ1) is 17.1. The summed E-state index contributed by atoms with van der Waals surface area (Å²) in [7, 11) is 2.74. The van der Waals surface area contributed by atoms with Crippen LogP contribution in [0.4, 0.5) is 5.13 Å². The number of thioether (sulfide) groups is 2. The SMILES string of the molecule is CON=C(C(=O)N[C@@H]1C(=O)N2C(C(=O)O)=C(CSc3nc(=O)c(=O)[nH]n3C)CS[C@H]12)c1csc(N)n1.[Na].[Na]. The van der Waals surface area contributed by atoms with Crippen molar-refractivity contribution in [1.82, 2.24) is 30.0 Å². The number of nitrogens with two attached hydrogens (primary N) is 1. The predicted molar refractivity (Wildman–Crippen MR) is 142 cm³/mol. The van der Waals surface area contributed by atoms with Gasteiger partial charge in [0.2, 0.25) is 0 Å². The van der Waals surface area contributed by atoms with Gasteiger partial charge in [-0.05, 0) is 5.57 Å². The number of thiazole rings is 1. The number of carbonyl (C=O) groups excluding carboxylic acids is 2. The molecular weight excluding hydrogens is 582 g/mol. The number of hydrogen-bond donors (Lipinski definition) is 4. The molecule has 2 aromatic heterocycles. The number of anilines is 1. The van der Waals surface area contributed by atoms with E-state index in [1.54, 1.807) is 0 Å². The van der Waals surface area contributed by atoms with E-state index in [2.05, 4.69) is 25.5 Å². The van der Waals surface area contributed by atoms with Crippen LogP contribution in [0, 0.1) is 0 Å². The molecule has 15 nitrogen and oxygen atoms in total. The van der Waals surface area contributed by atoms with Gasteiger partial charge in [0.1, 0.15) is 29.9 Å². The van der Waals surface area contributed by atoms with Gasteiger partial charge >= 0.3 is 17.1 Å². The van der Waals surface area contributed by atoms with Crippen LogP contribution in [0.1, 0.15) is 5.69 Å². The molecule has 4 heterocycles. The predicted octanol–water partition coefficient (Wildman–Crippen LogP) is -2.37. The Bertz CT molecular complexity index is 1440. The van der Waals surface area contributed by atoms with Gasteiger partial charge in [0.15, 0.2) is 16.0 Å². The second-order valence-corrected chi connectivity index (χ2v) is 10.2. The summed E-state index contributed by atoms with van der Waals surface area (Å²) >= 11 is 3.41. The molecule has 0 unspecified atom stereocenters. The Morgan fingerprint density at radius 1 is 1.34 bits per heavy atom. The first-order valence-electron chi connectivity index (χ1n) is 9.96. The van der Waals surface area contributed by atoms with Crippen molar-refractivity contribution in [3.8, 4) is 0 Å².